The quantitative estimate of drug-likeness (QED) is 0.153. The second-order valence-corrected chi connectivity index (χ2v) is 10.4. The number of ether oxygens (including phenoxy) is 1. The van der Waals surface area contributed by atoms with Crippen molar-refractivity contribution in [3.05, 3.63) is 92.5 Å². The van der Waals surface area contributed by atoms with Gasteiger partial charge in [0.05, 0.1) is 25.9 Å². The van der Waals surface area contributed by atoms with E-state index in [0.29, 0.717) is 27.1 Å². The first kappa shape index (κ1) is 29.3. The molecule has 0 spiro atoms. The number of benzene rings is 2. The van der Waals surface area contributed by atoms with Crippen molar-refractivity contribution in [1.82, 2.24) is 10.7 Å². The Kier molecular flexibility index (Phi) is 8.74. The zero-order valence-electron chi connectivity index (χ0n) is 21.1. The maximum atomic E-state index is 12.6. The number of nitrogens with one attached hydrogen (secondary N) is 2. The number of halogens is 3. The molecule has 0 aliphatic carbocycles. The zero-order chi connectivity index (χ0) is 29.7. The van der Waals surface area contributed by atoms with Crippen molar-refractivity contribution in [3.8, 4) is 21.9 Å². The molecule has 0 aliphatic heterocycles. The highest BCUT2D eigenvalue weighted by atomic mass is 32.1. The highest BCUT2D eigenvalue weighted by Gasteiger charge is 2.31. The Hall–Kier alpha value is -4.69. The number of hydrazone groups is 1. The van der Waals surface area contributed by atoms with Gasteiger partial charge in [0, 0.05) is 17.5 Å². The molecule has 2 aromatic carbocycles. The first-order valence-corrected chi connectivity index (χ1v) is 13.4. The fourth-order valence-corrected chi connectivity index (χ4v) is 5.45. The molecule has 3 amide bonds. The van der Waals surface area contributed by atoms with Gasteiger partial charge in [-0.05, 0) is 60.5 Å². The Morgan fingerprint density at radius 1 is 0.976 bits per heavy atom. The molecule has 4 rings (SSSR count). The third kappa shape index (κ3) is 7.29. The zero-order valence-corrected chi connectivity index (χ0v) is 22.7. The lowest BCUT2D eigenvalue weighted by Crippen LogP contribution is -2.24. The molecule has 0 bridgehead atoms. The van der Waals surface area contributed by atoms with E-state index < -0.39 is 24.1 Å². The van der Waals surface area contributed by atoms with Gasteiger partial charge in [0.1, 0.15) is 11.5 Å². The van der Waals surface area contributed by atoms with Crippen LogP contribution < -0.4 is 21.2 Å². The van der Waals surface area contributed by atoms with E-state index in [2.05, 4.69) is 20.6 Å². The van der Waals surface area contributed by atoms with Gasteiger partial charge in [-0.15, -0.1) is 35.8 Å². The molecule has 4 aromatic rings. The summed E-state index contributed by atoms with van der Waals surface area (Å²) >= 11 is 2.08. The van der Waals surface area contributed by atoms with E-state index in [-0.39, 0.29) is 33.5 Å². The molecular formula is C27H21F3N4O5S2. The van der Waals surface area contributed by atoms with Crippen LogP contribution in [-0.2, 0) is 6.54 Å². The summed E-state index contributed by atoms with van der Waals surface area (Å²) in [5, 5.41) is 19.0. The second-order valence-electron chi connectivity index (χ2n) is 8.41. The maximum Gasteiger partial charge on any atom is 0.573 e. The summed E-state index contributed by atoms with van der Waals surface area (Å²) in [6.07, 6.45) is -4.81. The van der Waals surface area contributed by atoms with Gasteiger partial charge < -0.3 is 20.9 Å². The van der Waals surface area contributed by atoms with Gasteiger partial charge in [-0.1, -0.05) is 18.2 Å². The van der Waals surface area contributed by atoms with Crippen LogP contribution in [0.15, 0.2) is 71.1 Å². The minimum atomic E-state index is -4.81. The molecule has 0 saturated carbocycles. The number of carbonyl (C=O) groups is 3. The molecule has 0 fully saturated rings. The first-order valence-electron chi connectivity index (χ1n) is 11.7. The van der Waals surface area contributed by atoms with Crippen LogP contribution in [0.3, 0.4) is 0 Å². The van der Waals surface area contributed by atoms with Crippen molar-refractivity contribution >= 4 is 46.1 Å². The molecular weight excluding hydrogens is 581 g/mol. The molecule has 5 N–H and O–H groups in total. The van der Waals surface area contributed by atoms with Crippen LogP contribution in [0.5, 0.6) is 11.5 Å². The summed E-state index contributed by atoms with van der Waals surface area (Å²) in [6.45, 7) is 1.63. The van der Waals surface area contributed by atoms with Crippen LogP contribution in [0.25, 0.3) is 10.4 Å². The molecule has 0 atom stereocenters. The maximum absolute atomic E-state index is 12.6. The van der Waals surface area contributed by atoms with Crippen molar-refractivity contribution in [1.29, 1.82) is 0 Å². The highest BCUT2D eigenvalue weighted by molar-refractivity contribution is 7.16. The van der Waals surface area contributed by atoms with Gasteiger partial charge in [0.15, 0.2) is 0 Å². The van der Waals surface area contributed by atoms with Crippen molar-refractivity contribution in [2.75, 3.05) is 0 Å². The molecule has 2 heterocycles. The third-order valence-electron chi connectivity index (χ3n) is 5.61. The van der Waals surface area contributed by atoms with Crippen molar-refractivity contribution in [3.63, 3.8) is 0 Å². The van der Waals surface area contributed by atoms with E-state index in [1.807, 2.05) is 0 Å². The van der Waals surface area contributed by atoms with Crippen LogP contribution in [0, 0.1) is 0 Å². The SMILES string of the molecule is C/C(=N\NC(=O)c1ccc(C(=O)NCc2ccccc2C(N)=O)s1)c1csc(-c2ccc(OC(F)(F)F)cc2)c1O. The van der Waals surface area contributed by atoms with E-state index in [9.17, 15) is 32.7 Å². The number of amides is 3. The molecule has 14 heteroatoms. The topological polar surface area (TPSA) is 143 Å². The minimum absolute atomic E-state index is 0.0679. The average Bonchev–Trinajstić information content (AvgIpc) is 3.57. The molecule has 2 aromatic heterocycles. The van der Waals surface area contributed by atoms with Gasteiger partial charge in [-0.3, -0.25) is 14.4 Å². The Morgan fingerprint density at radius 2 is 1.63 bits per heavy atom. The number of carbonyl (C=O) groups excluding carboxylic acids is 3. The number of aromatic hydroxyl groups is 1. The number of thiophene rings is 2. The van der Waals surface area contributed by atoms with Gasteiger partial charge in [-0.25, -0.2) is 5.43 Å². The summed E-state index contributed by atoms with van der Waals surface area (Å²) in [5.41, 5.74) is 9.65. The number of hydrogen-bond donors (Lipinski definition) is 4. The van der Waals surface area contributed by atoms with Gasteiger partial charge >= 0.3 is 6.36 Å². The van der Waals surface area contributed by atoms with Gasteiger partial charge in [0.25, 0.3) is 11.8 Å². The second kappa shape index (κ2) is 12.2. The van der Waals surface area contributed by atoms with Crippen LogP contribution in [0.4, 0.5) is 13.2 Å². The largest absolute Gasteiger partial charge is 0.573 e. The fraction of sp³-hybridized carbons (Fsp3) is 0.111. The number of alkyl halides is 3. The number of nitrogens with two attached hydrogens (primary N) is 1. The van der Waals surface area contributed by atoms with E-state index in [1.54, 1.807) is 36.6 Å². The number of primary amides is 1. The molecule has 0 aliphatic rings. The van der Waals surface area contributed by atoms with E-state index in [1.165, 1.54) is 24.3 Å². The van der Waals surface area contributed by atoms with Crippen molar-refractivity contribution in [2.45, 2.75) is 19.8 Å². The average molecular weight is 603 g/mol. The van der Waals surface area contributed by atoms with Crippen LogP contribution in [-0.4, -0.2) is 34.9 Å². The number of nitrogens with zero attached hydrogens (tertiary/aromatic N) is 1. The predicted octanol–water partition coefficient (Wildman–Crippen LogP) is 5.26. The number of rotatable bonds is 9. The standard InChI is InChI=1S/C27H21F3N4O5S2/c1-14(19-13-40-23(22(19)35)15-6-8-17(9-7-15)39-27(28,29)30)33-34-26(38)21-11-10-20(41-21)25(37)32-12-16-4-2-3-5-18(16)24(31)36/h2-11,13,35H,12H2,1H3,(H2,31,36)(H,32,37)(H,34,38)/b33-14+. The molecule has 0 saturated heterocycles. The summed E-state index contributed by atoms with van der Waals surface area (Å²) < 4.78 is 41.0. The van der Waals surface area contributed by atoms with Crippen molar-refractivity contribution in [2.24, 2.45) is 10.8 Å². The lowest BCUT2D eigenvalue weighted by molar-refractivity contribution is -0.274. The van der Waals surface area contributed by atoms with Crippen molar-refractivity contribution < 1.29 is 37.4 Å². The van der Waals surface area contributed by atoms with E-state index in [4.69, 9.17) is 5.73 Å². The van der Waals surface area contributed by atoms with E-state index >= 15 is 0 Å². The fourth-order valence-electron chi connectivity index (χ4n) is 3.63. The molecule has 0 unspecified atom stereocenters. The van der Waals surface area contributed by atoms with Crippen LogP contribution >= 0.6 is 22.7 Å². The lowest BCUT2D eigenvalue weighted by atomic mass is 10.1. The summed E-state index contributed by atoms with van der Waals surface area (Å²) in [7, 11) is 0. The van der Waals surface area contributed by atoms with Gasteiger partial charge in [0.2, 0.25) is 5.91 Å². The Labute approximate surface area is 239 Å². The van der Waals surface area contributed by atoms with Crippen LogP contribution in [0.1, 0.15) is 47.8 Å². The normalized spacial score (nSPS) is 11.7. The smallest absolute Gasteiger partial charge is 0.506 e. The van der Waals surface area contributed by atoms with E-state index in [0.717, 1.165) is 34.8 Å². The molecule has 212 valence electrons. The Bertz CT molecular complexity index is 1630. The molecule has 9 nitrogen and oxygen atoms in total. The number of hydrogen-bond acceptors (Lipinski definition) is 8. The summed E-state index contributed by atoms with van der Waals surface area (Å²) in [6, 6.07) is 14.6. The minimum Gasteiger partial charge on any atom is -0.506 e. The predicted molar refractivity (Wildman–Crippen MR) is 148 cm³/mol. The molecule has 0 radical (unpaired) electrons. The van der Waals surface area contributed by atoms with Crippen LogP contribution in [0.2, 0.25) is 0 Å². The Morgan fingerprint density at radius 3 is 2.29 bits per heavy atom. The summed E-state index contributed by atoms with van der Waals surface area (Å²) in [5.74, 6) is -2.17. The highest BCUT2D eigenvalue weighted by Crippen LogP contribution is 2.39. The van der Waals surface area contributed by atoms with Gasteiger partial charge in [-0.2, -0.15) is 5.10 Å². The lowest BCUT2D eigenvalue weighted by Gasteiger charge is -2.09. The first-order chi connectivity index (χ1) is 19.4. The Balaban J connectivity index is 1.38. The molecule has 41 heavy (non-hydrogen) atoms. The summed E-state index contributed by atoms with van der Waals surface area (Å²) in [4.78, 5) is 37.6. The monoisotopic (exact) mass is 602 g/mol. The third-order valence-corrected chi connectivity index (χ3v) is 7.71.